The van der Waals surface area contributed by atoms with Crippen LogP contribution in [-0.2, 0) is 4.74 Å². The standard InChI is InChI=1S/C26H18F2N4O4/c1-29-23-11-19-22(12-25(23)35-14-18-13-34-18)30-9-8-24(19)36-17-6-7-21(20(28)10-17)32-26(33)31-16-4-2-15(27)3-5-16/h2-12,18H,13-14H2,(H2,31,32,33). The molecular weight excluding hydrogens is 470 g/mol. The fourth-order valence-electron chi connectivity index (χ4n) is 3.38. The number of rotatable bonds is 7. The zero-order chi connectivity index (χ0) is 25.1. The largest absolute Gasteiger partial charge is 0.502 e. The monoisotopic (exact) mass is 488 g/mol. The highest BCUT2D eigenvalue weighted by Gasteiger charge is 2.24. The Bertz CT molecular complexity index is 1480. The lowest BCUT2D eigenvalue weighted by Gasteiger charge is -2.13. The number of carbonyl (C=O) groups excluding carboxylic acids is 1. The summed E-state index contributed by atoms with van der Waals surface area (Å²) in [4.78, 5) is 20.0. The maximum absolute atomic E-state index is 14.7. The minimum Gasteiger partial charge on any atom is -0.502 e. The summed E-state index contributed by atoms with van der Waals surface area (Å²) in [5.74, 6) is -0.207. The Kier molecular flexibility index (Phi) is 6.30. The number of amides is 2. The average Bonchev–Trinajstić information content (AvgIpc) is 3.70. The zero-order valence-corrected chi connectivity index (χ0v) is 18.6. The van der Waals surface area contributed by atoms with E-state index in [0.717, 1.165) is 6.07 Å². The summed E-state index contributed by atoms with van der Waals surface area (Å²) in [5.41, 5.74) is 1.12. The van der Waals surface area contributed by atoms with Gasteiger partial charge in [0.1, 0.15) is 41.6 Å². The summed E-state index contributed by atoms with van der Waals surface area (Å²) in [6.07, 6.45) is 1.58. The number of ether oxygens (including phenoxy) is 3. The van der Waals surface area contributed by atoms with Crippen LogP contribution in [0.15, 0.2) is 66.9 Å². The maximum Gasteiger partial charge on any atom is 0.323 e. The van der Waals surface area contributed by atoms with Crippen molar-refractivity contribution < 1.29 is 27.8 Å². The van der Waals surface area contributed by atoms with Gasteiger partial charge in [-0.2, -0.15) is 0 Å². The number of hydrogen-bond donors (Lipinski definition) is 2. The molecule has 1 aliphatic heterocycles. The zero-order valence-electron chi connectivity index (χ0n) is 18.6. The van der Waals surface area contributed by atoms with Crippen LogP contribution < -0.4 is 20.1 Å². The molecule has 1 fully saturated rings. The molecule has 1 saturated heterocycles. The third kappa shape index (κ3) is 5.32. The number of fused-ring (bicyclic) bond motifs is 1. The molecule has 1 unspecified atom stereocenters. The quantitative estimate of drug-likeness (QED) is 0.236. The number of pyridine rings is 1. The van der Waals surface area contributed by atoms with Crippen molar-refractivity contribution in [3.8, 4) is 17.2 Å². The van der Waals surface area contributed by atoms with Gasteiger partial charge in [0.25, 0.3) is 0 Å². The lowest BCUT2D eigenvalue weighted by molar-refractivity contribution is 0.262. The van der Waals surface area contributed by atoms with Crippen LogP contribution in [0.4, 0.5) is 30.6 Å². The molecule has 3 aromatic carbocycles. The first-order valence-electron chi connectivity index (χ1n) is 10.8. The average molecular weight is 488 g/mol. The van der Waals surface area contributed by atoms with Crippen molar-refractivity contribution in [2.45, 2.75) is 6.10 Å². The predicted molar refractivity (Wildman–Crippen MR) is 129 cm³/mol. The molecule has 0 spiro atoms. The van der Waals surface area contributed by atoms with Gasteiger partial charge in [0, 0.05) is 23.3 Å². The van der Waals surface area contributed by atoms with Crippen LogP contribution in [0.25, 0.3) is 15.7 Å². The van der Waals surface area contributed by atoms with Crippen LogP contribution in [0.1, 0.15) is 0 Å². The minimum absolute atomic E-state index is 0.0447. The number of nitrogens with one attached hydrogen (secondary N) is 2. The summed E-state index contributed by atoms with van der Waals surface area (Å²) in [6, 6.07) is 13.3. The topological polar surface area (TPSA) is 89.4 Å². The third-order valence-electron chi connectivity index (χ3n) is 5.25. The van der Waals surface area contributed by atoms with Crippen molar-refractivity contribution >= 4 is 34.0 Å². The van der Waals surface area contributed by atoms with Crippen LogP contribution in [-0.4, -0.2) is 30.3 Å². The second kappa shape index (κ2) is 9.85. The second-order valence-electron chi connectivity index (χ2n) is 7.85. The Balaban J connectivity index is 1.32. The number of epoxide rings is 1. The first kappa shape index (κ1) is 23.0. The van der Waals surface area contributed by atoms with Gasteiger partial charge in [-0.15, -0.1) is 0 Å². The normalized spacial score (nSPS) is 14.1. The minimum atomic E-state index is -0.722. The Hall–Kier alpha value is -4.75. The highest BCUT2D eigenvalue weighted by molar-refractivity contribution is 5.99. The molecule has 180 valence electrons. The van der Waals surface area contributed by atoms with Crippen LogP contribution >= 0.6 is 0 Å². The van der Waals surface area contributed by atoms with E-state index >= 15 is 0 Å². The van der Waals surface area contributed by atoms with Gasteiger partial charge in [-0.05, 0) is 54.6 Å². The number of anilines is 2. The maximum atomic E-state index is 14.7. The Morgan fingerprint density at radius 3 is 2.61 bits per heavy atom. The van der Waals surface area contributed by atoms with E-state index in [-0.39, 0.29) is 17.5 Å². The fourth-order valence-corrected chi connectivity index (χ4v) is 3.38. The molecule has 0 aliphatic carbocycles. The van der Waals surface area contributed by atoms with E-state index in [1.165, 1.54) is 42.6 Å². The molecule has 1 aromatic heterocycles. The molecule has 5 rings (SSSR count). The summed E-state index contributed by atoms with van der Waals surface area (Å²) in [5, 5.41) is 5.44. The van der Waals surface area contributed by atoms with Crippen LogP contribution in [0.5, 0.6) is 17.2 Å². The van der Waals surface area contributed by atoms with Crippen LogP contribution in [0.2, 0.25) is 0 Å². The molecule has 0 bridgehead atoms. The number of hydrogen-bond acceptors (Lipinski definition) is 5. The molecule has 8 nitrogen and oxygen atoms in total. The van der Waals surface area contributed by atoms with E-state index in [1.54, 1.807) is 18.2 Å². The number of carbonyl (C=O) groups is 1. The highest BCUT2D eigenvalue weighted by atomic mass is 19.1. The molecule has 36 heavy (non-hydrogen) atoms. The molecule has 0 saturated carbocycles. The van der Waals surface area contributed by atoms with Gasteiger partial charge in [-0.1, -0.05) is 0 Å². The van der Waals surface area contributed by atoms with Gasteiger partial charge in [0.15, 0.2) is 0 Å². The van der Waals surface area contributed by atoms with Gasteiger partial charge < -0.3 is 24.8 Å². The molecule has 1 atom stereocenters. The van der Waals surface area contributed by atoms with Crippen molar-refractivity contribution in [3.05, 3.63) is 89.9 Å². The van der Waals surface area contributed by atoms with Crippen molar-refractivity contribution in [1.82, 2.24) is 4.98 Å². The summed E-state index contributed by atoms with van der Waals surface area (Å²) in [6.45, 7) is 8.48. The number of nitrogens with zero attached hydrogens (tertiary/aromatic N) is 2. The number of aromatic nitrogens is 1. The smallest absolute Gasteiger partial charge is 0.323 e. The number of urea groups is 1. The number of benzene rings is 3. The molecule has 1 aliphatic rings. The molecule has 10 heteroatoms. The second-order valence-corrected chi connectivity index (χ2v) is 7.85. The van der Waals surface area contributed by atoms with Crippen molar-refractivity contribution in [1.29, 1.82) is 0 Å². The Labute approximate surface area is 204 Å². The van der Waals surface area contributed by atoms with E-state index in [2.05, 4.69) is 20.5 Å². The Morgan fingerprint density at radius 1 is 1.08 bits per heavy atom. The molecule has 2 heterocycles. The van der Waals surface area contributed by atoms with E-state index in [4.69, 9.17) is 20.8 Å². The highest BCUT2D eigenvalue weighted by Crippen LogP contribution is 2.38. The van der Waals surface area contributed by atoms with Crippen molar-refractivity contribution in [2.75, 3.05) is 23.8 Å². The Morgan fingerprint density at radius 2 is 1.89 bits per heavy atom. The van der Waals surface area contributed by atoms with Crippen molar-refractivity contribution in [2.24, 2.45) is 0 Å². The predicted octanol–water partition coefficient (Wildman–Crippen LogP) is 6.28. The lowest BCUT2D eigenvalue weighted by Crippen LogP contribution is -2.20. The van der Waals surface area contributed by atoms with Gasteiger partial charge >= 0.3 is 6.03 Å². The van der Waals surface area contributed by atoms with Crippen LogP contribution in [0, 0.1) is 18.2 Å². The molecule has 4 aromatic rings. The molecule has 2 N–H and O–H groups in total. The van der Waals surface area contributed by atoms with Gasteiger partial charge in [-0.25, -0.2) is 18.4 Å². The van der Waals surface area contributed by atoms with E-state index in [1.807, 2.05) is 0 Å². The molecule has 0 radical (unpaired) electrons. The van der Waals surface area contributed by atoms with Gasteiger partial charge in [-0.3, -0.25) is 4.98 Å². The van der Waals surface area contributed by atoms with Crippen molar-refractivity contribution in [3.63, 3.8) is 0 Å². The summed E-state index contributed by atoms with van der Waals surface area (Å²) < 4.78 is 44.4. The molecular formula is C26H18F2N4O4. The van der Waals surface area contributed by atoms with E-state index in [9.17, 15) is 13.6 Å². The summed E-state index contributed by atoms with van der Waals surface area (Å²) >= 11 is 0. The molecule has 2 amide bonds. The first-order chi connectivity index (χ1) is 17.5. The third-order valence-corrected chi connectivity index (χ3v) is 5.25. The van der Waals surface area contributed by atoms with E-state index in [0.29, 0.717) is 47.0 Å². The van der Waals surface area contributed by atoms with Gasteiger partial charge in [0.05, 0.1) is 24.4 Å². The SMILES string of the molecule is [C-]#[N+]c1cc2c(Oc3ccc(NC(=O)Nc4ccc(F)cc4)c(F)c3)ccnc2cc1OCC1CO1. The van der Waals surface area contributed by atoms with Crippen LogP contribution in [0.3, 0.4) is 0 Å². The fraction of sp³-hybridized carbons (Fsp3) is 0.115. The van der Waals surface area contributed by atoms with E-state index < -0.39 is 17.7 Å². The number of halogens is 2. The lowest BCUT2D eigenvalue weighted by atomic mass is 10.1. The van der Waals surface area contributed by atoms with Gasteiger partial charge in [0.2, 0.25) is 5.69 Å². The summed E-state index contributed by atoms with van der Waals surface area (Å²) in [7, 11) is 0. The first-order valence-corrected chi connectivity index (χ1v) is 10.8.